The number of hydrogen-bond acceptors (Lipinski definition) is 2. The Morgan fingerprint density at radius 2 is 1.83 bits per heavy atom. The fraction of sp³-hybridized carbons (Fsp3) is 0.889. The topological polar surface area (TPSA) is 32.6 Å². The Morgan fingerprint density at radius 1 is 1.33 bits per heavy atom. The molecule has 0 fully saturated rings. The van der Waals surface area contributed by atoms with Gasteiger partial charge in [-0.15, -0.1) is 0 Å². The van der Waals surface area contributed by atoms with Gasteiger partial charge in [-0.25, -0.2) is 0 Å². The summed E-state index contributed by atoms with van der Waals surface area (Å²) in [4.78, 5) is 4.12. The second-order valence-electron chi connectivity index (χ2n) is 3.37. The number of nitrogens with zero attached hydrogens (tertiary/aromatic N) is 1. The molecule has 1 atom stereocenters. The molecule has 0 aromatic carbocycles. The van der Waals surface area contributed by atoms with Crippen LogP contribution in [0.4, 0.5) is 0 Å². The van der Waals surface area contributed by atoms with Crippen molar-refractivity contribution < 1.29 is 5.11 Å². The van der Waals surface area contributed by atoms with Gasteiger partial charge in [0.05, 0.1) is 14.0 Å². The summed E-state index contributed by atoms with van der Waals surface area (Å²) >= 11 is 0. The van der Waals surface area contributed by atoms with Crippen LogP contribution in [0.2, 0.25) is 12.1 Å². The van der Waals surface area contributed by atoms with Crippen molar-refractivity contribution in [1.82, 2.24) is 0 Å². The zero-order valence-electron chi connectivity index (χ0n) is 8.67. The van der Waals surface area contributed by atoms with E-state index in [1.54, 1.807) is 6.21 Å². The SMILES string of the molecule is CCN=CC(C)(O)[SiH](CC)CC. The average molecular weight is 187 g/mol. The van der Waals surface area contributed by atoms with Crippen LogP contribution in [-0.4, -0.2) is 31.9 Å². The minimum Gasteiger partial charge on any atom is -0.389 e. The van der Waals surface area contributed by atoms with Crippen LogP contribution >= 0.6 is 0 Å². The zero-order valence-corrected chi connectivity index (χ0v) is 9.83. The van der Waals surface area contributed by atoms with Crippen molar-refractivity contribution in [2.45, 2.75) is 45.0 Å². The molecule has 72 valence electrons. The molecule has 0 spiro atoms. The lowest BCUT2D eigenvalue weighted by molar-refractivity contribution is 0.214. The Balaban J connectivity index is 4.24. The molecule has 1 N–H and O–H groups in total. The summed E-state index contributed by atoms with van der Waals surface area (Å²) in [5, 5.41) is 9.43. The zero-order chi connectivity index (χ0) is 9.61. The van der Waals surface area contributed by atoms with Crippen molar-refractivity contribution in [2.75, 3.05) is 6.54 Å². The number of aliphatic imine (C=N–C) groups is 1. The van der Waals surface area contributed by atoms with Gasteiger partial charge in [0.2, 0.25) is 0 Å². The van der Waals surface area contributed by atoms with Crippen molar-refractivity contribution in [2.24, 2.45) is 4.99 Å². The fourth-order valence-corrected chi connectivity index (χ4v) is 4.04. The third-order valence-corrected chi connectivity index (χ3v) is 6.12. The van der Waals surface area contributed by atoms with Crippen LogP contribution in [0.25, 0.3) is 0 Å². The second kappa shape index (κ2) is 5.49. The first kappa shape index (κ1) is 11.8. The van der Waals surface area contributed by atoms with E-state index in [2.05, 4.69) is 18.8 Å². The maximum atomic E-state index is 10.0. The monoisotopic (exact) mass is 187 g/mol. The molecule has 0 saturated heterocycles. The van der Waals surface area contributed by atoms with Crippen LogP contribution in [0.3, 0.4) is 0 Å². The molecule has 12 heavy (non-hydrogen) atoms. The summed E-state index contributed by atoms with van der Waals surface area (Å²) in [5.41, 5.74) is 0. The highest BCUT2D eigenvalue weighted by Crippen LogP contribution is 2.13. The van der Waals surface area contributed by atoms with Gasteiger partial charge in [-0.2, -0.15) is 0 Å². The van der Waals surface area contributed by atoms with Crippen LogP contribution < -0.4 is 0 Å². The van der Waals surface area contributed by atoms with Crippen LogP contribution in [0, 0.1) is 0 Å². The Bertz CT molecular complexity index is 141. The molecule has 0 heterocycles. The van der Waals surface area contributed by atoms with Gasteiger partial charge in [-0.05, 0) is 13.8 Å². The van der Waals surface area contributed by atoms with Gasteiger partial charge in [0, 0.05) is 12.8 Å². The lowest BCUT2D eigenvalue weighted by Crippen LogP contribution is -2.43. The van der Waals surface area contributed by atoms with E-state index >= 15 is 0 Å². The predicted octanol–water partition coefficient (Wildman–Crippen LogP) is 1.63. The lowest BCUT2D eigenvalue weighted by Gasteiger charge is -2.26. The molecular weight excluding hydrogens is 166 g/mol. The average Bonchev–Trinajstić information content (AvgIpc) is 2.03. The highest BCUT2D eigenvalue weighted by Gasteiger charge is 2.28. The largest absolute Gasteiger partial charge is 0.389 e. The van der Waals surface area contributed by atoms with Crippen LogP contribution in [0.15, 0.2) is 4.99 Å². The van der Waals surface area contributed by atoms with Crippen LogP contribution in [-0.2, 0) is 0 Å². The summed E-state index contributed by atoms with van der Waals surface area (Å²) < 4.78 is 0. The minimum atomic E-state index is -1.03. The summed E-state index contributed by atoms with van der Waals surface area (Å²) in [7, 11) is -1.03. The highest BCUT2D eigenvalue weighted by molar-refractivity contribution is 6.65. The van der Waals surface area contributed by atoms with Crippen molar-refractivity contribution in [3.05, 3.63) is 0 Å². The van der Waals surface area contributed by atoms with E-state index in [-0.39, 0.29) is 0 Å². The molecule has 0 amide bonds. The van der Waals surface area contributed by atoms with Gasteiger partial charge >= 0.3 is 0 Å². The summed E-state index contributed by atoms with van der Waals surface area (Å²) in [5.74, 6) is 0. The van der Waals surface area contributed by atoms with Crippen molar-refractivity contribution in [3.63, 3.8) is 0 Å². The molecule has 0 bridgehead atoms. The summed E-state index contributed by atoms with van der Waals surface area (Å²) in [6.45, 7) is 8.98. The predicted molar refractivity (Wildman–Crippen MR) is 57.8 cm³/mol. The van der Waals surface area contributed by atoms with Crippen molar-refractivity contribution in [3.8, 4) is 0 Å². The summed E-state index contributed by atoms with van der Waals surface area (Å²) in [6.07, 6.45) is 1.75. The highest BCUT2D eigenvalue weighted by atomic mass is 28.3. The van der Waals surface area contributed by atoms with Crippen molar-refractivity contribution in [1.29, 1.82) is 0 Å². The first-order chi connectivity index (χ1) is 5.58. The maximum Gasteiger partial charge on any atom is 0.0825 e. The minimum absolute atomic E-state index is 0.584. The molecule has 0 aliphatic carbocycles. The molecule has 0 aromatic heterocycles. The first-order valence-electron chi connectivity index (χ1n) is 4.81. The molecule has 0 radical (unpaired) electrons. The number of rotatable bonds is 5. The van der Waals surface area contributed by atoms with Gasteiger partial charge < -0.3 is 5.11 Å². The molecule has 3 heteroatoms. The van der Waals surface area contributed by atoms with Gasteiger partial charge in [0.25, 0.3) is 0 Å². The normalized spacial score (nSPS) is 17.2. The van der Waals surface area contributed by atoms with Crippen LogP contribution in [0.1, 0.15) is 27.7 Å². The van der Waals surface area contributed by atoms with Gasteiger partial charge in [0.1, 0.15) is 0 Å². The van der Waals surface area contributed by atoms with Crippen LogP contribution in [0.5, 0.6) is 0 Å². The molecular formula is C9H21NOSi. The quantitative estimate of drug-likeness (QED) is 0.515. The first-order valence-corrected chi connectivity index (χ1v) is 7.02. The van der Waals surface area contributed by atoms with E-state index in [9.17, 15) is 5.11 Å². The van der Waals surface area contributed by atoms with Gasteiger partial charge in [-0.3, -0.25) is 4.99 Å². The molecule has 0 aromatic rings. The van der Waals surface area contributed by atoms with Gasteiger partial charge in [0.15, 0.2) is 0 Å². The lowest BCUT2D eigenvalue weighted by atomic mass is 10.4. The Kier molecular flexibility index (Phi) is 5.42. The Hall–Kier alpha value is -0.153. The third-order valence-electron chi connectivity index (χ3n) is 2.35. The van der Waals surface area contributed by atoms with E-state index in [1.165, 1.54) is 0 Å². The Labute approximate surface area is 77.3 Å². The molecule has 0 saturated carbocycles. The number of aliphatic hydroxyl groups is 1. The molecule has 1 unspecified atom stereocenters. The third kappa shape index (κ3) is 3.50. The fourth-order valence-electron chi connectivity index (χ4n) is 1.50. The molecule has 0 aliphatic rings. The van der Waals surface area contributed by atoms with Gasteiger partial charge in [-0.1, -0.05) is 25.9 Å². The van der Waals surface area contributed by atoms with Crippen molar-refractivity contribution >= 4 is 15.0 Å². The van der Waals surface area contributed by atoms with E-state index in [1.807, 2.05) is 13.8 Å². The van der Waals surface area contributed by atoms with E-state index < -0.39 is 14.0 Å². The second-order valence-corrected chi connectivity index (χ2v) is 7.56. The Morgan fingerprint density at radius 3 is 2.17 bits per heavy atom. The number of hydrogen-bond donors (Lipinski definition) is 1. The smallest absolute Gasteiger partial charge is 0.0825 e. The maximum absolute atomic E-state index is 10.0. The molecule has 0 aliphatic heterocycles. The van der Waals surface area contributed by atoms with E-state index in [0.29, 0.717) is 0 Å². The standard InChI is InChI=1S/C9H21NOSi/c1-5-10-8-9(4,11)12(6-2)7-3/h8,11-12H,5-7H2,1-4H3. The summed E-state index contributed by atoms with van der Waals surface area (Å²) in [6, 6.07) is 2.28. The molecule has 2 nitrogen and oxygen atoms in total. The molecule has 0 rings (SSSR count). The van der Waals surface area contributed by atoms with E-state index in [0.717, 1.165) is 18.6 Å². The van der Waals surface area contributed by atoms with E-state index in [4.69, 9.17) is 0 Å².